The molecule has 0 spiro atoms. The average molecular weight is 402 g/mol. The number of rotatable bonds is 4. The molecule has 4 rings (SSSR count). The minimum absolute atomic E-state index is 0.167. The second-order valence-corrected chi connectivity index (χ2v) is 7.22. The van der Waals surface area contributed by atoms with Crippen LogP contribution in [0.2, 0.25) is 0 Å². The Hall–Kier alpha value is -3.10. The molecule has 3 aromatic rings. The van der Waals surface area contributed by atoms with E-state index in [2.05, 4.69) is 30.9 Å². The first kappa shape index (κ1) is 22.2. The summed E-state index contributed by atoms with van der Waals surface area (Å²) in [5.74, 6) is 1.51. The first-order valence-corrected chi connectivity index (χ1v) is 9.89. The van der Waals surface area contributed by atoms with E-state index in [1.54, 1.807) is 25.3 Å². The molecule has 1 aliphatic carbocycles. The minimum Gasteiger partial charge on any atom is -0.504 e. The molecule has 3 aromatic heterocycles. The van der Waals surface area contributed by atoms with Crippen LogP contribution in [0, 0.1) is 6.92 Å². The molecule has 4 N–H and O–H groups in total. The topological polar surface area (TPSA) is 133 Å². The fraction of sp³-hybridized carbons (Fsp3) is 0.500. The normalized spacial score (nSPS) is 12.7. The molecular formula is C20H30N6O3. The summed E-state index contributed by atoms with van der Waals surface area (Å²) in [5, 5.41) is 28.1. The lowest BCUT2D eigenvalue weighted by atomic mass is 10.1. The summed E-state index contributed by atoms with van der Waals surface area (Å²) < 4.78 is 4.92. The van der Waals surface area contributed by atoms with Gasteiger partial charge in [0.2, 0.25) is 5.91 Å². The number of aromatic amines is 2. The van der Waals surface area contributed by atoms with Crippen LogP contribution in [0.15, 0.2) is 29.0 Å². The van der Waals surface area contributed by atoms with E-state index < -0.39 is 0 Å². The zero-order valence-electron chi connectivity index (χ0n) is 17.2. The molecule has 1 saturated carbocycles. The third-order valence-electron chi connectivity index (χ3n) is 4.26. The monoisotopic (exact) mass is 402 g/mol. The molecule has 0 bridgehead atoms. The van der Waals surface area contributed by atoms with E-state index in [9.17, 15) is 4.79 Å². The largest absolute Gasteiger partial charge is 0.504 e. The first-order chi connectivity index (χ1) is 14.0. The van der Waals surface area contributed by atoms with Gasteiger partial charge in [-0.3, -0.25) is 15.0 Å². The van der Waals surface area contributed by atoms with E-state index in [4.69, 9.17) is 9.63 Å². The summed E-state index contributed by atoms with van der Waals surface area (Å²) in [6.07, 6.45) is 10.6. The summed E-state index contributed by atoms with van der Waals surface area (Å²) in [6, 6.07) is 3.40. The number of anilines is 1. The van der Waals surface area contributed by atoms with E-state index in [-0.39, 0.29) is 18.1 Å². The van der Waals surface area contributed by atoms with E-state index in [1.165, 1.54) is 38.3 Å². The number of nitrogens with one attached hydrogen (secondary N) is 3. The summed E-state index contributed by atoms with van der Waals surface area (Å²) >= 11 is 0. The Labute approximate surface area is 170 Å². The van der Waals surface area contributed by atoms with Crippen LogP contribution < -0.4 is 5.32 Å². The van der Waals surface area contributed by atoms with E-state index in [1.807, 2.05) is 13.8 Å². The molecule has 0 radical (unpaired) electrons. The van der Waals surface area contributed by atoms with Crippen LogP contribution in [0.1, 0.15) is 69.0 Å². The number of H-pyrrole nitrogens is 2. The maximum Gasteiger partial charge on any atom is 0.233 e. The Morgan fingerprint density at radius 3 is 2.31 bits per heavy atom. The molecule has 1 amide bonds. The van der Waals surface area contributed by atoms with E-state index in [0.29, 0.717) is 17.5 Å². The lowest BCUT2D eigenvalue weighted by molar-refractivity contribution is -0.115. The van der Waals surface area contributed by atoms with Gasteiger partial charge in [0.15, 0.2) is 5.75 Å². The Kier molecular flexibility index (Phi) is 8.94. The van der Waals surface area contributed by atoms with Gasteiger partial charge < -0.3 is 14.9 Å². The fourth-order valence-electron chi connectivity index (χ4n) is 2.78. The second kappa shape index (κ2) is 11.7. The van der Waals surface area contributed by atoms with Gasteiger partial charge in [0.25, 0.3) is 0 Å². The summed E-state index contributed by atoms with van der Waals surface area (Å²) in [5.41, 5.74) is 1.56. The lowest BCUT2D eigenvalue weighted by Crippen LogP contribution is -2.14. The van der Waals surface area contributed by atoms with Crippen LogP contribution in [-0.2, 0) is 11.2 Å². The van der Waals surface area contributed by atoms with Crippen LogP contribution in [0.5, 0.6) is 5.75 Å². The number of aryl methyl sites for hydroxylation is 1. The molecular weight excluding hydrogens is 372 g/mol. The molecule has 0 aliphatic heterocycles. The second-order valence-electron chi connectivity index (χ2n) is 7.22. The number of carbonyl (C=O) groups excluding carboxylic acids is 1. The molecule has 1 fully saturated rings. The summed E-state index contributed by atoms with van der Waals surface area (Å²) in [7, 11) is 0. The number of hydrogen-bond acceptors (Lipinski definition) is 6. The van der Waals surface area contributed by atoms with Gasteiger partial charge >= 0.3 is 0 Å². The van der Waals surface area contributed by atoms with Crippen molar-refractivity contribution < 1.29 is 14.4 Å². The van der Waals surface area contributed by atoms with Crippen LogP contribution in [0.4, 0.5) is 5.82 Å². The Morgan fingerprint density at radius 1 is 1.21 bits per heavy atom. The Morgan fingerprint density at radius 2 is 1.90 bits per heavy atom. The maximum atomic E-state index is 11.4. The van der Waals surface area contributed by atoms with Gasteiger partial charge in [-0.1, -0.05) is 51.1 Å². The SMILES string of the molecule is C1CCCC1.CC(C)c1[nH]ncc1O.Cc1cc(CC(=O)Nc2ccn[nH]2)on1. The van der Waals surface area contributed by atoms with Gasteiger partial charge in [-0.25, -0.2) is 0 Å². The van der Waals surface area contributed by atoms with Crippen molar-refractivity contribution >= 4 is 11.7 Å². The van der Waals surface area contributed by atoms with Crippen LogP contribution in [0.25, 0.3) is 0 Å². The predicted molar refractivity (Wildman–Crippen MR) is 110 cm³/mol. The molecule has 29 heavy (non-hydrogen) atoms. The van der Waals surface area contributed by atoms with Crippen molar-refractivity contribution in [1.29, 1.82) is 0 Å². The molecule has 1 aliphatic rings. The first-order valence-electron chi connectivity index (χ1n) is 9.89. The molecule has 0 atom stereocenters. The molecule has 3 heterocycles. The van der Waals surface area contributed by atoms with Crippen LogP contribution in [-0.4, -0.2) is 36.6 Å². The van der Waals surface area contributed by atoms with E-state index >= 15 is 0 Å². The van der Waals surface area contributed by atoms with Gasteiger partial charge in [-0.2, -0.15) is 10.2 Å². The lowest BCUT2D eigenvalue weighted by Gasteiger charge is -1.98. The molecule has 0 saturated heterocycles. The highest BCUT2D eigenvalue weighted by atomic mass is 16.5. The smallest absolute Gasteiger partial charge is 0.233 e. The van der Waals surface area contributed by atoms with Crippen molar-refractivity contribution in [2.24, 2.45) is 0 Å². The zero-order valence-corrected chi connectivity index (χ0v) is 17.2. The predicted octanol–water partition coefficient (Wildman–Crippen LogP) is 4.08. The van der Waals surface area contributed by atoms with Gasteiger partial charge in [0, 0.05) is 12.1 Å². The number of hydrogen-bond donors (Lipinski definition) is 4. The van der Waals surface area contributed by atoms with Crippen LogP contribution in [0.3, 0.4) is 0 Å². The maximum absolute atomic E-state index is 11.4. The number of aromatic nitrogens is 5. The van der Waals surface area contributed by atoms with Crippen LogP contribution >= 0.6 is 0 Å². The third-order valence-corrected chi connectivity index (χ3v) is 4.26. The highest BCUT2D eigenvalue weighted by Gasteiger charge is 2.08. The van der Waals surface area contributed by atoms with Crippen molar-refractivity contribution in [2.75, 3.05) is 5.32 Å². The van der Waals surface area contributed by atoms with Gasteiger partial charge in [0.05, 0.1) is 30.2 Å². The van der Waals surface area contributed by atoms with Crippen molar-refractivity contribution in [3.05, 3.63) is 41.7 Å². The minimum atomic E-state index is -0.171. The Balaban J connectivity index is 0.000000180. The van der Waals surface area contributed by atoms with Crippen molar-refractivity contribution in [3.8, 4) is 5.75 Å². The number of amides is 1. The summed E-state index contributed by atoms with van der Waals surface area (Å²) in [6.45, 7) is 5.79. The molecule has 0 unspecified atom stereocenters. The highest BCUT2D eigenvalue weighted by Crippen LogP contribution is 2.20. The average Bonchev–Trinajstić information content (AvgIpc) is 3.45. The van der Waals surface area contributed by atoms with E-state index in [0.717, 1.165) is 11.4 Å². The quantitative estimate of drug-likeness (QED) is 0.520. The number of aromatic hydroxyl groups is 1. The van der Waals surface area contributed by atoms with Crippen molar-refractivity contribution in [1.82, 2.24) is 25.6 Å². The third kappa shape index (κ3) is 8.20. The summed E-state index contributed by atoms with van der Waals surface area (Å²) in [4.78, 5) is 11.4. The Bertz CT molecular complexity index is 827. The zero-order chi connectivity index (χ0) is 21.1. The molecule has 158 valence electrons. The standard InChI is InChI=1S/C9H10N4O2.C6H10N2O.C5H10/c1-6-4-7(15-13-6)5-9(14)11-8-2-3-10-12-8;1-4(2)6-5(9)3-7-8-6;1-2-4-5-3-1/h2-4H,5H2,1H3,(H2,10,11,12,14);3-4,9H,1-2H3,(H,7,8);1-5H2. The van der Waals surface area contributed by atoms with Gasteiger partial charge in [-0.15, -0.1) is 0 Å². The fourth-order valence-corrected chi connectivity index (χ4v) is 2.78. The van der Waals surface area contributed by atoms with Gasteiger partial charge in [-0.05, 0) is 12.8 Å². The number of carbonyl (C=O) groups is 1. The highest BCUT2D eigenvalue weighted by molar-refractivity contribution is 5.90. The molecule has 0 aromatic carbocycles. The number of nitrogens with zero attached hydrogens (tertiary/aromatic N) is 3. The van der Waals surface area contributed by atoms with Crippen molar-refractivity contribution in [3.63, 3.8) is 0 Å². The van der Waals surface area contributed by atoms with Gasteiger partial charge in [0.1, 0.15) is 11.6 Å². The molecule has 9 heteroatoms. The van der Waals surface area contributed by atoms with Crippen molar-refractivity contribution in [2.45, 2.75) is 65.2 Å². The molecule has 9 nitrogen and oxygen atoms in total.